The van der Waals surface area contributed by atoms with E-state index in [9.17, 15) is 9.59 Å². The van der Waals surface area contributed by atoms with Gasteiger partial charge in [0.2, 0.25) is 0 Å². The Bertz CT molecular complexity index is 182. The van der Waals surface area contributed by atoms with E-state index in [2.05, 4.69) is 0 Å². The second kappa shape index (κ2) is 22.9. The normalized spacial score (nSPS) is 8.80. The van der Waals surface area contributed by atoms with Crippen LogP contribution in [0.5, 0.6) is 0 Å². The number of rotatable bonds is 9. The van der Waals surface area contributed by atoms with Crippen molar-refractivity contribution in [1.82, 2.24) is 0 Å². The number of aliphatic hydroxyl groups is 4. The van der Waals surface area contributed by atoms with Crippen molar-refractivity contribution in [2.45, 2.75) is 38.5 Å². The van der Waals surface area contributed by atoms with E-state index in [0.29, 0.717) is 12.8 Å². The van der Waals surface area contributed by atoms with Gasteiger partial charge in [0, 0.05) is 12.8 Å². The molecule has 0 aliphatic rings. The Kier molecular flexibility index (Phi) is 27.3. The lowest BCUT2D eigenvalue weighted by atomic mass is 10.1. The van der Waals surface area contributed by atoms with Crippen molar-refractivity contribution in [3.8, 4) is 0 Å². The maximum Gasteiger partial charge on any atom is 0.303 e. The molecule has 8 nitrogen and oxygen atoms in total. The van der Waals surface area contributed by atoms with E-state index in [1.165, 1.54) is 0 Å². The molecule has 0 atom stereocenters. The highest BCUT2D eigenvalue weighted by molar-refractivity contribution is 5.66. The molecule has 0 aromatic carbocycles. The molecule has 0 spiro atoms. The van der Waals surface area contributed by atoms with Crippen molar-refractivity contribution in [1.29, 1.82) is 0 Å². The largest absolute Gasteiger partial charge is 0.481 e. The topological polar surface area (TPSA) is 156 Å². The van der Waals surface area contributed by atoms with E-state index in [4.69, 9.17) is 30.6 Å². The third-order valence-electron chi connectivity index (χ3n) is 1.73. The first-order chi connectivity index (χ1) is 9.45. The highest BCUT2D eigenvalue weighted by Gasteiger charge is 1.98. The predicted molar refractivity (Wildman–Crippen MR) is 71.3 cm³/mol. The monoisotopic (exact) mass is 298 g/mol. The molecule has 0 aromatic heterocycles. The van der Waals surface area contributed by atoms with Crippen LogP contribution in [0.4, 0.5) is 0 Å². The van der Waals surface area contributed by atoms with Crippen molar-refractivity contribution in [3.63, 3.8) is 0 Å². The molecule has 0 bridgehead atoms. The lowest BCUT2D eigenvalue weighted by molar-refractivity contribution is -0.138. The number of carboxylic acid groups (broad SMARTS) is 2. The molecule has 0 saturated heterocycles. The quantitative estimate of drug-likeness (QED) is 0.309. The molecule has 0 radical (unpaired) electrons. The first kappa shape index (κ1) is 23.8. The summed E-state index contributed by atoms with van der Waals surface area (Å²) >= 11 is 0. The van der Waals surface area contributed by atoms with Crippen molar-refractivity contribution < 1.29 is 40.2 Å². The Balaban J connectivity index is -0.000000297. The molecule has 0 rings (SSSR count). The van der Waals surface area contributed by atoms with Crippen molar-refractivity contribution in [3.05, 3.63) is 0 Å². The highest BCUT2D eigenvalue weighted by Crippen LogP contribution is 2.04. The van der Waals surface area contributed by atoms with Crippen LogP contribution in [0.25, 0.3) is 0 Å². The van der Waals surface area contributed by atoms with Gasteiger partial charge in [-0.15, -0.1) is 0 Å². The summed E-state index contributed by atoms with van der Waals surface area (Å²) in [5, 5.41) is 47.0. The van der Waals surface area contributed by atoms with Crippen molar-refractivity contribution >= 4 is 11.9 Å². The lowest BCUT2D eigenvalue weighted by Crippen LogP contribution is -1.95. The van der Waals surface area contributed by atoms with Gasteiger partial charge >= 0.3 is 11.9 Å². The molecule has 0 aliphatic carbocycles. The predicted octanol–water partition coefficient (Wildman–Crippen LogP) is -0.562. The van der Waals surface area contributed by atoms with Crippen LogP contribution in [0.3, 0.4) is 0 Å². The van der Waals surface area contributed by atoms with Gasteiger partial charge in [-0.2, -0.15) is 0 Å². The molecule has 20 heavy (non-hydrogen) atoms. The highest BCUT2D eigenvalue weighted by atomic mass is 16.4. The maximum atomic E-state index is 10.0. The van der Waals surface area contributed by atoms with Crippen LogP contribution < -0.4 is 0 Å². The summed E-state index contributed by atoms with van der Waals surface area (Å²) in [6.07, 6.45) is 3.28. The van der Waals surface area contributed by atoms with Crippen LogP contribution in [0.1, 0.15) is 38.5 Å². The average Bonchev–Trinajstić information content (AvgIpc) is 2.42. The van der Waals surface area contributed by atoms with Gasteiger partial charge in [-0.3, -0.25) is 9.59 Å². The van der Waals surface area contributed by atoms with Crippen LogP contribution in [0.15, 0.2) is 0 Å². The summed E-state index contributed by atoms with van der Waals surface area (Å²) in [4.78, 5) is 20.1. The van der Waals surface area contributed by atoms with Gasteiger partial charge in [-0.25, -0.2) is 0 Å². The molecule has 0 aromatic rings. The van der Waals surface area contributed by atoms with Crippen LogP contribution in [0.2, 0.25) is 0 Å². The maximum absolute atomic E-state index is 10.0. The summed E-state index contributed by atoms with van der Waals surface area (Å²) in [6, 6.07) is 0. The van der Waals surface area contributed by atoms with E-state index in [0.717, 1.165) is 12.8 Å². The Labute approximate surface area is 118 Å². The molecule has 0 unspecified atom stereocenters. The lowest BCUT2D eigenvalue weighted by Gasteiger charge is -1.96. The second-order valence-electron chi connectivity index (χ2n) is 3.60. The molecule has 0 saturated carbocycles. The van der Waals surface area contributed by atoms with Crippen LogP contribution >= 0.6 is 0 Å². The summed E-state index contributed by atoms with van der Waals surface area (Å²) in [7, 11) is 0. The molecule has 0 fully saturated rings. The minimum atomic E-state index is -0.784. The van der Waals surface area contributed by atoms with Gasteiger partial charge in [0.15, 0.2) is 0 Å². The van der Waals surface area contributed by atoms with E-state index >= 15 is 0 Å². The summed E-state index contributed by atoms with van der Waals surface area (Å²) in [5.74, 6) is -1.57. The molecule has 6 N–H and O–H groups in total. The molecule has 0 aliphatic heterocycles. The van der Waals surface area contributed by atoms with E-state index in [1.807, 2.05) is 0 Å². The van der Waals surface area contributed by atoms with Gasteiger partial charge < -0.3 is 30.6 Å². The number of hydrogen-bond donors (Lipinski definition) is 6. The minimum Gasteiger partial charge on any atom is -0.481 e. The number of aliphatic carboxylic acids is 2. The van der Waals surface area contributed by atoms with E-state index in [1.54, 1.807) is 0 Å². The zero-order valence-corrected chi connectivity index (χ0v) is 11.6. The number of carboxylic acids is 2. The third-order valence-corrected chi connectivity index (χ3v) is 1.73. The second-order valence-corrected chi connectivity index (χ2v) is 3.60. The molecule has 8 heteroatoms. The fourth-order valence-electron chi connectivity index (χ4n) is 0.906. The molecular weight excluding hydrogens is 272 g/mol. The van der Waals surface area contributed by atoms with E-state index < -0.39 is 11.9 Å². The molecular formula is C12H26O8. The zero-order valence-electron chi connectivity index (χ0n) is 11.6. The molecule has 0 amide bonds. The fraction of sp³-hybridized carbons (Fsp3) is 0.833. The standard InChI is InChI=1S/C8H14O4.2C2H6O2/c9-7(10)5-3-1-2-4-6-8(11)12;2*3-1-2-4/h1-6H2,(H,9,10)(H,11,12);2*3-4H,1-2H2. The molecule has 122 valence electrons. The summed E-state index contributed by atoms with van der Waals surface area (Å²) < 4.78 is 0. The Morgan fingerprint density at radius 1 is 0.550 bits per heavy atom. The minimum absolute atomic E-state index is 0.125. The van der Waals surface area contributed by atoms with Crippen molar-refractivity contribution in [2.75, 3.05) is 26.4 Å². The Morgan fingerprint density at radius 2 is 0.800 bits per heavy atom. The van der Waals surface area contributed by atoms with Crippen molar-refractivity contribution in [2.24, 2.45) is 0 Å². The fourth-order valence-corrected chi connectivity index (χ4v) is 0.906. The van der Waals surface area contributed by atoms with E-state index in [-0.39, 0.29) is 39.3 Å². The number of hydrogen-bond acceptors (Lipinski definition) is 6. The first-order valence-corrected chi connectivity index (χ1v) is 6.33. The number of carbonyl (C=O) groups is 2. The summed E-state index contributed by atoms with van der Waals surface area (Å²) in [5.41, 5.74) is 0. The van der Waals surface area contributed by atoms with Gasteiger partial charge in [0.1, 0.15) is 0 Å². The third kappa shape index (κ3) is 43.7. The van der Waals surface area contributed by atoms with Crippen LogP contribution in [-0.2, 0) is 9.59 Å². The smallest absolute Gasteiger partial charge is 0.303 e. The van der Waals surface area contributed by atoms with Crippen LogP contribution in [0, 0.1) is 0 Å². The van der Waals surface area contributed by atoms with Gasteiger partial charge in [-0.05, 0) is 12.8 Å². The average molecular weight is 298 g/mol. The Hall–Kier alpha value is -1.22. The van der Waals surface area contributed by atoms with Gasteiger partial charge in [-0.1, -0.05) is 12.8 Å². The zero-order chi connectivity index (χ0) is 16.2. The first-order valence-electron chi connectivity index (χ1n) is 6.33. The van der Waals surface area contributed by atoms with Crippen LogP contribution in [-0.4, -0.2) is 69.0 Å². The number of aliphatic hydroxyl groups excluding tert-OH is 4. The summed E-state index contributed by atoms with van der Waals surface area (Å²) in [6.45, 7) is -0.500. The number of unbranched alkanes of at least 4 members (excludes halogenated alkanes) is 3. The Morgan fingerprint density at radius 3 is 0.950 bits per heavy atom. The molecule has 0 heterocycles. The van der Waals surface area contributed by atoms with Gasteiger partial charge in [0.05, 0.1) is 26.4 Å². The van der Waals surface area contributed by atoms with Gasteiger partial charge in [0.25, 0.3) is 0 Å². The SMILES string of the molecule is O=C(O)CCCCCCC(=O)O.OCCO.OCCO.